The summed E-state index contributed by atoms with van der Waals surface area (Å²) in [6.45, 7) is 0.295. The summed E-state index contributed by atoms with van der Waals surface area (Å²) < 4.78 is 68.3. The Hall–Kier alpha value is -1.98. The van der Waals surface area contributed by atoms with Gasteiger partial charge >= 0.3 is 6.18 Å². The van der Waals surface area contributed by atoms with Gasteiger partial charge in [0.2, 0.25) is 5.82 Å². The van der Waals surface area contributed by atoms with Crippen molar-refractivity contribution >= 4 is 32.5 Å². The van der Waals surface area contributed by atoms with Crippen LogP contribution in [-0.2, 0) is 16.2 Å². The van der Waals surface area contributed by atoms with Gasteiger partial charge in [-0.25, -0.2) is 18.4 Å². The molecule has 1 fully saturated rings. The molecule has 11 heteroatoms. The highest BCUT2D eigenvalue weighted by atomic mass is 32.2. The smallest absolute Gasteiger partial charge is 0.302 e. The molecule has 1 saturated heterocycles. The highest BCUT2D eigenvalue weighted by Gasteiger charge is 2.41. The van der Waals surface area contributed by atoms with Gasteiger partial charge in [-0.15, -0.1) is 11.3 Å². The Kier molecular flexibility index (Phi) is 4.47. The SMILES string of the molecule is O=S(=O)(c1cccs1)N1CCC(n2c(C(F)(F)F)nc3cccnc32)CC1. The summed E-state index contributed by atoms with van der Waals surface area (Å²) >= 11 is 1.13. The van der Waals surface area contributed by atoms with Gasteiger partial charge in [0.1, 0.15) is 9.73 Å². The number of hydrogen-bond acceptors (Lipinski definition) is 5. The molecule has 0 aromatic carbocycles. The van der Waals surface area contributed by atoms with E-state index < -0.39 is 28.1 Å². The summed E-state index contributed by atoms with van der Waals surface area (Å²) in [5, 5.41) is 1.68. The molecule has 1 aliphatic heterocycles. The van der Waals surface area contributed by atoms with Crippen molar-refractivity contribution in [2.24, 2.45) is 0 Å². The highest BCUT2D eigenvalue weighted by Crippen LogP contribution is 2.37. The van der Waals surface area contributed by atoms with Crippen LogP contribution in [0.1, 0.15) is 24.7 Å². The highest BCUT2D eigenvalue weighted by molar-refractivity contribution is 7.91. The normalized spacial score (nSPS) is 17.6. The molecule has 3 aromatic heterocycles. The van der Waals surface area contributed by atoms with Gasteiger partial charge in [0, 0.05) is 25.3 Å². The van der Waals surface area contributed by atoms with E-state index in [0.717, 1.165) is 15.9 Å². The Morgan fingerprint density at radius 2 is 1.89 bits per heavy atom. The van der Waals surface area contributed by atoms with Gasteiger partial charge in [0.15, 0.2) is 5.65 Å². The van der Waals surface area contributed by atoms with Crippen molar-refractivity contribution in [2.75, 3.05) is 13.1 Å². The zero-order valence-corrected chi connectivity index (χ0v) is 15.6. The molecule has 4 rings (SSSR count). The molecular formula is C16H15F3N4O2S2. The Morgan fingerprint density at radius 1 is 1.15 bits per heavy atom. The number of alkyl halides is 3. The number of thiophene rings is 1. The van der Waals surface area contributed by atoms with Gasteiger partial charge in [-0.05, 0) is 36.4 Å². The Morgan fingerprint density at radius 3 is 2.52 bits per heavy atom. The number of nitrogens with zero attached hydrogens (tertiary/aromatic N) is 4. The molecule has 1 aliphatic rings. The van der Waals surface area contributed by atoms with Crippen molar-refractivity contribution < 1.29 is 21.6 Å². The number of hydrogen-bond donors (Lipinski definition) is 0. The van der Waals surface area contributed by atoms with E-state index in [4.69, 9.17) is 0 Å². The average molecular weight is 416 g/mol. The number of sulfonamides is 1. The molecule has 27 heavy (non-hydrogen) atoms. The van der Waals surface area contributed by atoms with Gasteiger partial charge < -0.3 is 4.57 Å². The molecule has 0 saturated carbocycles. The minimum atomic E-state index is -4.61. The summed E-state index contributed by atoms with van der Waals surface area (Å²) in [5.74, 6) is -0.990. The number of fused-ring (bicyclic) bond motifs is 1. The number of aromatic nitrogens is 3. The molecule has 0 radical (unpaired) electrons. The van der Waals surface area contributed by atoms with E-state index in [9.17, 15) is 21.6 Å². The minimum absolute atomic E-state index is 0.148. The quantitative estimate of drug-likeness (QED) is 0.655. The van der Waals surface area contributed by atoms with Crippen molar-refractivity contribution in [3.63, 3.8) is 0 Å². The summed E-state index contributed by atoms with van der Waals surface area (Å²) in [5.41, 5.74) is 0.350. The van der Waals surface area contributed by atoms with Gasteiger partial charge in [-0.2, -0.15) is 17.5 Å². The predicted molar refractivity (Wildman–Crippen MR) is 93.9 cm³/mol. The molecular weight excluding hydrogens is 401 g/mol. The molecule has 0 aliphatic carbocycles. The molecule has 144 valence electrons. The molecule has 4 heterocycles. The Bertz CT molecular complexity index is 1050. The van der Waals surface area contributed by atoms with Crippen LogP contribution in [0.2, 0.25) is 0 Å². The molecule has 0 atom stereocenters. The van der Waals surface area contributed by atoms with Crippen LogP contribution < -0.4 is 0 Å². The van der Waals surface area contributed by atoms with Crippen LogP contribution >= 0.6 is 11.3 Å². The minimum Gasteiger partial charge on any atom is -0.302 e. The van der Waals surface area contributed by atoms with E-state index >= 15 is 0 Å². The van der Waals surface area contributed by atoms with E-state index in [2.05, 4.69) is 9.97 Å². The maximum absolute atomic E-state index is 13.5. The zero-order valence-electron chi connectivity index (χ0n) is 13.9. The Labute approximate surface area is 157 Å². The standard InChI is InChI=1S/C16H15F3N4O2S2/c17-16(18,19)15-21-12-3-1-7-20-14(12)23(15)11-5-8-22(9-6-11)27(24,25)13-4-2-10-26-13/h1-4,7,10-11H,5-6,8-9H2. The lowest BCUT2D eigenvalue weighted by Gasteiger charge is -2.32. The molecule has 0 amide bonds. The van der Waals surface area contributed by atoms with Gasteiger partial charge in [-0.1, -0.05) is 6.07 Å². The summed E-state index contributed by atoms with van der Waals surface area (Å²) in [6.07, 6.45) is -2.66. The van der Waals surface area contributed by atoms with Crippen LogP contribution in [-0.4, -0.2) is 40.3 Å². The Balaban J connectivity index is 1.64. The predicted octanol–water partition coefficient (Wildman–Crippen LogP) is 3.54. The summed E-state index contributed by atoms with van der Waals surface area (Å²) in [4.78, 5) is 7.78. The van der Waals surface area contributed by atoms with E-state index in [-0.39, 0.29) is 41.3 Å². The number of halogens is 3. The number of piperidine rings is 1. The first kappa shape index (κ1) is 18.4. The van der Waals surface area contributed by atoms with Crippen molar-refractivity contribution in [3.8, 4) is 0 Å². The zero-order chi connectivity index (χ0) is 19.2. The lowest BCUT2D eigenvalue weighted by molar-refractivity contribution is -0.147. The monoisotopic (exact) mass is 416 g/mol. The third-order valence-corrected chi connectivity index (χ3v) is 7.85. The van der Waals surface area contributed by atoms with E-state index in [0.29, 0.717) is 0 Å². The topological polar surface area (TPSA) is 68.1 Å². The second-order valence-electron chi connectivity index (χ2n) is 6.22. The average Bonchev–Trinajstić information content (AvgIpc) is 3.29. The van der Waals surface area contributed by atoms with Crippen LogP contribution in [0.15, 0.2) is 40.1 Å². The van der Waals surface area contributed by atoms with Crippen LogP contribution in [0.5, 0.6) is 0 Å². The molecule has 0 unspecified atom stereocenters. The van der Waals surface area contributed by atoms with Crippen LogP contribution in [0, 0.1) is 0 Å². The first-order chi connectivity index (χ1) is 12.8. The molecule has 0 spiro atoms. The van der Waals surface area contributed by atoms with Gasteiger partial charge in [0.05, 0.1) is 0 Å². The summed E-state index contributed by atoms with van der Waals surface area (Å²) in [6, 6.07) is 5.70. The van der Waals surface area contributed by atoms with Gasteiger partial charge in [0.25, 0.3) is 10.0 Å². The van der Waals surface area contributed by atoms with Crippen LogP contribution in [0.25, 0.3) is 11.2 Å². The molecule has 0 bridgehead atoms. The molecule has 6 nitrogen and oxygen atoms in total. The fourth-order valence-electron chi connectivity index (χ4n) is 3.35. The second kappa shape index (κ2) is 6.57. The van der Waals surface area contributed by atoms with Gasteiger partial charge in [-0.3, -0.25) is 0 Å². The molecule has 3 aromatic rings. The van der Waals surface area contributed by atoms with Crippen molar-refractivity contribution in [1.29, 1.82) is 0 Å². The van der Waals surface area contributed by atoms with E-state index in [1.54, 1.807) is 11.4 Å². The second-order valence-corrected chi connectivity index (χ2v) is 9.33. The van der Waals surface area contributed by atoms with Crippen LogP contribution in [0.4, 0.5) is 13.2 Å². The lowest BCUT2D eigenvalue weighted by atomic mass is 10.1. The largest absolute Gasteiger partial charge is 0.449 e. The first-order valence-corrected chi connectivity index (χ1v) is 10.5. The first-order valence-electron chi connectivity index (χ1n) is 8.22. The number of pyridine rings is 1. The van der Waals surface area contributed by atoms with E-state index in [1.165, 1.54) is 28.7 Å². The van der Waals surface area contributed by atoms with Crippen molar-refractivity contribution in [1.82, 2.24) is 18.8 Å². The fourth-order valence-corrected chi connectivity index (χ4v) is 5.97. The third kappa shape index (κ3) is 3.23. The molecule has 0 N–H and O–H groups in total. The van der Waals surface area contributed by atoms with Crippen LogP contribution in [0.3, 0.4) is 0 Å². The van der Waals surface area contributed by atoms with E-state index in [1.807, 2.05) is 0 Å². The maximum atomic E-state index is 13.5. The van der Waals surface area contributed by atoms with Crippen molar-refractivity contribution in [2.45, 2.75) is 29.3 Å². The fraction of sp³-hybridized carbons (Fsp3) is 0.375. The number of imidazole rings is 1. The van der Waals surface area contributed by atoms with Crippen molar-refractivity contribution in [3.05, 3.63) is 41.7 Å². The summed E-state index contributed by atoms with van der Waals surface area (Å²) in [7, 11) is -3.60. The third-order valence-electron chi connectivity index (χ3n) is 4.58. The maximum Gasteiger partial charge on any atom is 0.449 e. The lowest BCUT2D eigenvalue weighted by Crippen LogP contribution is -2.39. The number of rotatable bonds is 3.